The highest BCUT2D eigenvalue weighted by Crippen LogP contribution is 2.13. The fraction of sp³-hybridized carbons (Fsp3) is 1.00. The molecule has 0 aliphatic carbocycles. The molecule has 0 bridgehead atoms. The van der Waals surface area contributed by atoms with Crippen molar-refractivity contribution in [3.8, 4) is 0 Å². The number of rotatable bonds is 2. The summed E-state index contributed by atoms with van der Waals surface area (Å²) in [7, 11) is 0. The number of halogens is 1. The third kappa shape index (κ3) is 4.09. The molecular formula is C7H18ClNO. The van der Waals surface area contributed by atoms with Gasteiger partial charge >= 0.3 is 0 Å². The highest BCUT2D eigenvalue weighted by atomic mass is 35.5. The van der Waals surface area contributed by atoms with E-state index >= 15 is 0 Å². The molecule has 0 amide bonds. The smallest absolute Gasteiger partial charge is 0.0744 e. The molecule has 0 heterocycles. The first-order chi connectivity index (χ1) is 3.85. The van der Waals surface area contributed by atoms with Crippen molar-refractivity contribution in [2.75, 3.05) is 0 Å². The van der Waals surface area contributed by atoms with Gasteiger partial charge in [-0.1, -0.05) is 13.8 Å². The van der Waals surface area contributed by atoms with Gasteiger partial charge in [0.1, 0.15) is 0 Å². The Kier molecular flexibility index (Phi) is 5.35. The van der Waals surface area contributed by atoms with Crippen molar-refractivity contribution in [1.29, 1.82) is 0 Å². The van der Waals surface area contributed by atoms with Crippen LogP contribution in [-0.4, -0.2) is 16.7 Å². The second-order valence-corrected chi connectivity index (χ2v) is 3.42. The molecule has 0 aromatic carbocycles. The van der Waals surface area contributed by atoms with Gasteiger partial charge in [-0.15, -0.1) is 12.4 Å². The Balaban J connectivity index is 0. The molecular weight excluding hydrogens is 150 g/mol. The molecule has 0 aliphatic rings. The van der Waals surface area contributed by atoms with Crippen molar-refractivity contribution in [1.82, 2.24) is 0 Å². The second-order valence-electron chi connectivity index (χ2n) is 3.42. The standard InChI is InChI=1S/C7H17NO.ClH/c1-5(2)6(8)7(3,4)9;/h5-6,9H,8H2,1-4H3;1H. The zero-order valence-corrected chi connectivity index (χ0v) is 7.90. The lowest BCUT2D eigenvalue weighted by Gasteiger charge is -2.28. The van der Waals surface area contributed by atoms with E-state index in [2.05, 4.69) is 0 Å². The molecule has 0 radical (unpaired) electrons. The van der Waals surface area contributed by atoms with Gasteiger partial charge in [-0.05, 0) is 19.8 Å². The zero-order valence-electron chi connectivity index (χ0n) is 7.09. The molecule has 0 aromatic rings. The number of hydrogen-bond donors (Lipinski definition) is 2. The van der Waals surface area contributed by atoms with E-state index in [-0.39, 0.29) is 18.4 Å². The third-order valence-corrected chi connectivity index (χ3v) is 1.53. The predicted octanol–water partition coefficient (Wildman–Crippen LogP) is 1.16. The quantitative estimate of drug-likeness (QED) is 0.649. The van der Waals surface area contributed by atoms with Crippen molar-refractivity contribution in [2.24, 2.45) is 11.7 Å². The molecule has 0 saturated carbocycles. The molecule has 2 nitrogen and oxygen atoms in total. The van der Waals surface area contributed by atoms with Crippen LogP contribution in [0, 0.1) is 5.92 Å². The summed E-state index contributed by atoms with van der Waals surface area (Å²) in [5, 5.41) is 9.33. The fourth-order valence-electron chi connectivity index (χ4n) is 0.816. The third-order valence-electron chi connectivity index (χ3n) is 1.53. The van der Waals surface area contributed by atoms with Gasteiger partial charge in [0.05, 0.1) is 5.60 Å². The van der Waals surface area contributed by atoms with Crippen molar-refractivity contribution in [2.45, 2.75) is 39.3 Å². The fourth-order valence-corrected chi connectivity index (χ4v) is 0.816. The highest BCUT2D eigenvalue weighted by Gasteiger charge is 2.24. The summed E-state index contributed by atoms with van der Waals surface area (Å²) < 4.78 is 0. The molecule has 1 atom stereocenters. The van der Waals surface area contributed by atoms with Crippen LogP contribution in [-0.2, 0) is 0 Å². The Hall–Kier alpha value is 0.210. The summed E-state index contributed by atoms with van der Waals surface area (Å²) in [5.74, 6) is 0.338. The summed E-state index contributed by atoms with van der Waals surface area (Å²) in [4.78, 5) is 0. The summed E-state index contributed by atoms with van der Waals surface area (Å²) >= 11 is 0. The van der Waals surface area contributed by atoms with Gasteiger partial charge in [0.2, 0.25) is 0 Å². The summed E-state index contributed by atoms with van der Waals surface area (Å²) in [6.45, 7) is 7.47. The highest BCUT2D eigenvalue weighted by molar-refractivity contribution is 5.85. The molecule has 64 valence electrons. The van der Waals surface area contributed by atoms with E-state index in [1.165, 1.54) is 0 Å². The first-order valence-corrected chi connectivity index (χ1v) is 3.33. The number of nitrogens with two attached hydrogens (primary N) is 1. The maximum atomic E-state index is 9.33. The van der Waals surface area contributed by atoms with E-state index in [4.69, 9.17) is 5.73 Å². The Morgan fingerprint density at radius 3 is 1.60 bits per heavy atom. The SMILES string of the molecule is CC(C)C(N)C(C)(C)O.Cl. The summed E-state index contributed by atoms with van der Waals surface area (Å²) in [5.41, 5.74) is 4.90. The molecule has 0 fully saturated rings. The Labute approximate surface area is 69.2 Å². The molecule has 3 N–H and O–H groups in total. The van der Waals surface area contributed by atoms with Crippen molar-refractivity contribution in [3.05, 3.63) is 0 Å². The Bertz CT molecular complexity index is 88.1. The van der Waals surface area contributed by atoms with Crippen molar-refractivity contribution < 1.29 is 5.11 Å². The molecule has 10 heavy (non-hydrogen) atoms. The Morgan fingerprint density at radius 2 is 1.60 bits per heavy atom. The lowest BCUT2D eigenvalue weighted by atomic mass is 9.90. The van der Waals surface area contributed by atoms with Crippen LogP contribution in [0.4, 0.5) is 0 Å². The summed E-state index contributed by atoms with van der Waals surface area (Å²) in [6, 6.07) is -0.127. The molecule has 3 heteroatoms. The van der Waals surface area contributed by atoms with Crippen LogP contribution in [0.2, 0.25) is 0 Å². The van der Waals surface area contributed by atoms with Crippen LogP contribution in [0.3, 0.4) is 0 Å². The number of aliphatic hydroxyl groups is 1. The van der Waals surface area contributed by atoms with Crippen LogP contribution < -0.4 is 5.73 Å². The van der Waals surface area contributed by atoms with Crippen LogP contribution in [0.1, 0.15) is 27.7 Å². The molecule has 0 aromatic heterocycles. The minimum atomic E-state index is -0.742. The van der Waals surface area contributed by atoms with Crippen LogP contribution in [0.25, 0.3) is 0 Å². The second kappa shape index (κ2) is 4.16. The van der Waals surface area contributed by atoms with Crippen molar-refractivity contribution in [3.63, 3.8) is 0 Å². The van der Waals surface area contributed by atoms with Crippen LogP contribution >= 0.6 is 12.4 Å². The monoisotopic (exact) mass is 167 g/mol. The lowest BCUT2D eigenvalue weighted by molar-refractivity contribution is 0.0362. The average molecular weight is 168 g/mol. The van der Waals surface area contributed by atoms with Crippen LogP contribution in [0.5, 0.6) is 0 Å². The topological polar surface area (TPSA) is 46.2 Å². The number of hydrogen-bond acceptors (Lipinski definition) is 2. The first kappa shape index (κ1) is 12.8. The summed E-state index contributed by atoms with van der Waals surface area (Å²) in [6.07, 6.45) is 0. The first-order valence-electron chi connectivity index (χ1n) is 3.33. The maximum Gasteiger partial charge on any atom is 0.0744 e. The van der Waals surface area contributed by atoms with Gasteiger partial charge in [-0.2, -0.15) is 0 Å². The Morgan fingerprint density at radius 1 is 1.30 bits per heavy atom. The van der Waals surface area contributed by atoms with E-state index in [9.17, 15) is 5.11 Å². The zero-order chi connectivity index (χ0) is 7.65. The van der Waals surface area contributed by atoms with Gasteiger partial charge < -0.3 is 10.8 Å². The van der Waals surface area contributed by atoms with Gasteiger partial charge in [-0.3, -0.25) is 0 Å². The lowest BCUT2D eigenvalue weighted by Crippen LogP contribution is -2.46. The maximum absolute atomic E-state index is 9.33. The normalized spacial score (nSPS) is 14.7. The molecule has 0 spiro atoms. The molecule has 1 unspecified atom stereocenters. The van der Waals surface area contributed by atoms with Crippen LogP contribution in [0.15, 0.2) is 0 Å². The minimum Gasteiger partial charge on any atom is -0.389 e. The average Bonchev–Trinajstić information content (AvgIpc) is 1.62. The van der Waals surface area contributed by atoms with E-state index in [1.54, 1.807) is 13.8 Å². The van der Waals surface area contributed by atoms with E-state index < -0.39 is 5.60 Å². The molecule has 0 aliphatic heterocycles. The minimum absolute atomic E-state index is 0. The predicted molar refractivity (Wildman–Crippen MR) is 46.4 cm³/mol. The largest absolute Gasteiger partial charge is 0.389 e. The van der Waals surface area contributed by atoms with Crippen molar-refractivity contribution >= 4 is 12.4 Å². The van der Waals surface area contributed by atoms with Gasteiger partial charge in [0.25, 0.3) is 0 Å². The van der Waals surface area contributed by atoms with E-state index in [0.29, 0.717) is 5.92 Å². The van der Waals surface area contributed by atoms with Gasteiger partial charge in [0, 0.05) is 6.04 Å². The van der Waals surface area contributed by atoms with E-state index in [1.807, 2.05) is 13.8 Å². The molecule has 0 saturated heterocycles. The van der Waals surface area contributed by atoms with Gasteiger partial charge in [-0.25, -0.2) is 0 Å². The van der Waals surface area contributed by atoms with Gasteiger partial charge in [0.15, 0.2) is 0 Å². The molecule has 0 rings (SSSR count). The van der Waals surface area contributed by atoms with E-state index in [0.717, 1.165) is 0 Å².